The third-order valence-corrected chi connectivity index (χ3v) is 7.29. The van der Waals surface area contributed by atoms with E-state index < -0.39 is 10.0 Å². The quantitative estimate of drug-likeness (QED) is 0.173. The van der Waals surface area contributed by atoms with Crippen molar-refractivity contribution >= 4 is 39.1 Å². The summed E-state index contributed by atoms with van der Waals surface area (Å²) in [4.78, 5) is 21.9. The summed E-state index contributed by atoms with van der Waals surface area (Å²) in [7, 11) is -2.29. The third kappa shape index (κ3) is 6.36. The van der Waals surface area contributed by atoms with Gasteiger partial charge in [0, 0.05) is 16.8 Å². The summed E-state index contributed by atoms with van der Waals surface area (Å²) in [5.74, 6) is 0.838. The molecule has 0 unspecified atom stereocenters. The van der Waals surface area contributed by atoms with E-state index in [1.54, 1.807) is 31.4 Å². The van der Waals surface area contributed by atoms with Crippen LogP contribution in [0.15, 0.2) is 82.8 Å². The van der Waals surface area contributed by atoms with Gasteiger partial charge in [0.15, 0.2) is 16.8 Å². The van der Waals surface area contributed by atoms with Gasteiger partial charge >= 0.3 is 0 Å². The molecule has 0 fully saturated rings. The minimum Gasteiger partial charge on any atom is -0.497 e. The lowest BCUT2D eigenvalue weighted by Gasteiger charge is -2.13. The number of nitrogens with one attached hydrogen (secondary N) is 1. The number of ketones is 1. The average molecular weight is 546 g/mol. The molecule has 0 saturated heterocycles. The summed E-state index contributed by atoms with van der Waals surface area (Å²) >= 11 is 1.15. The van der Waals surface area contributed by atoms with Gasteiger partial charge in [0.2, 0.25) is 10.0 Å². The summed E-state index contributed by atoms with van der Waals surface area (Å²) in [6.07, 6.45) is 0. The maximum Gasteiger partial charge on any atom is 0.238 e. The molecule has 0 saturated carbocycles. The Morgan fingerprint density at radius 1 is 1.03 bits per heavy atom. The number of hydrogen-bond acceptors (Lipinski definition) is 9. The number of rotatable bonds is 9. The number of aryl methyl sites for hydroxylation is 1. The Morgan fingerprint density at radius 3 is 2.26 bits per heavy atom. The second kappa shape index (κ2) is 11.4. The van der Waals surface area contributed by atoms with Crippen LogP contribution in [0, 0.1) is 18.3 Å². The highest BCUT2D eigenvalue weighted by Gasteiger charge is 2.18. The Labute approximate surface area is 224 Å². The molecule has 4 rings (SSSR count). The molecule has 192 valence electrons. The number of methoxy groups -OCH3 is 1. The Bertz CT molecular complexity index is 1610. The highest BCUT2D eigenvalue weighted by atomic mass is 32.2. The minimum absolute atomic E-state index is 0.0418. The molecule has 38 heavy (non-hydrogen) atoms. The van der Waals surface area contributed by atoms with E-state index in [-0.39, 0.29) is 27.8 Å². The van der Waals surface area contributed by atoms with Crippen molar-refractivity contribution in [3.8, 4) is 23.1 Å². The number of aromatic nitrogens is 2. The van der Waals surface area contributed by atoms with Gasteiger partial charge in [-0.15, -0.1) is 0 Å². The maximum absolute atomic E-state index is 12.8. The van der Waals surface area contributed by atoms with E-state index in [0.717, 1.165) is 17.3 Å². The molecule has 0 spiro atoms. The fourth-order valence-corrected chi connectivity index (χ4v) is 4.73. The normalized spacial score (nSPS) is 11.0. The number of nitrogens with zero attached hydrogens (tertiary/aromatic N) is 3. The van der Waals surface area contributed by atoms with Crippen LogP contribution in [0.5, 0.6) is 5.75 Å². The first-order chi connectivity index (χ1) is 18.2. The van der Waals surface area contributed by atoms with Gasteiger partial charge in [-0.3, -0.25) is 4.79 Å². The van der Waals surface area contributed by atoms with Crippen LogP contribution >= 0.6 is 11.8 Å². The van der Waals surface area contributed by atoms with E-state index >= 15 is 0 Å². The Hall–Kier alpha value is -4.24. The number of primary sulfonamides is 1. The molecule has 0 aliphatic carbocycles. The lowest BCUT2D eigenvalue weighted by molar-refractivity contribution is 0.102. The molecule has 3 aromatic carbocycles. The molecule has 0 aliphatic rings. The zero-order valence-corrected chi connectivity index (χ0v) is 22.1. The van der Waals surface area contributed by atoms with Gasteiger partial charge in [-0.05, 0) is 55.5 Å². The molecule has 0 aliphatic heterocycles. The smallest absolute Gasteiger partial charge is 0.238 e. The van der Waals surface area contributed by atoms with E-state index in [1.807, 2.05) is 31.2 Å². The third-order valence-electron chi connectivity index (χ3n) is 5.52. The Kier molecular flexibility index (Phi) is 8.07. The molecule has 0 amide bonds. The van der Waals surface area contributed by atoms with Crippen molar-refractivity contribution in [1.82, 2.24) is 9.97 Å². The summed E-state index contributed by atoms with van der Waals surface area (Å²) in [6.45, 7) is 1.96. The second-order valence-corrected chi connectivity index (χ2v) is 10.7. The van der Waals surface area contributed by atoms with Crippen LogP contribution in [0.4, 0.5) is 11.5 Å². The van der Waals surface area contributed by atoms with Crippen molar-refractivity contribution in [2.24, 2.45) is 5.14 Å². The molecule has 3 N–H and O–H groups in total. The number of ether oxygens (including phenoxy) is 1. The monoisotopic (exact) mass is 545 g/mol. The van der Waals surface area contributed by atoms with Crippen molar-refractivity contribution in [2.75, 3.05) is 18.2 Å². The maximum atomic E-state index is 12.8. The number of nitriles is 1. The van der Waals surface area contributed by atoms with Gasteiger partial charge in [-0.25, -0.2) is 23.5 Å². The predicted octanol–water partition coefficient (Wildman–Crippen LogP) is 4.70. The van der Waals surface area contributed by atoms with Crippen LogP contribution in [0.3, 0.4) is 0 Å². The Morgan fingerprint density at radius 2 is 1.68 bits per heavy atom. The molecule has 1 heterocycles. The number of sulfonamides is 1. The number of thioether (sulfide) groups is 1. The van der Waals surface area contributed by atoms with Crippen molar-refractivity contribution in [1.29, 1.82) is 5.26 Å². The Balaban J connectivity index is 1.68. The number of Topliss-reactive ketones (excluding diaryl/α,β-unsaturated/α-hetero) is 1. The van der Waals surface area contributed by atoms with Crippen LogP contribution in [0.25, 0.3) is 11.3 Å². The van der Waals surface area contributed by atoms with Crippen molar-refractivity contribution < 1.29 is 17.9 Å². The molecule has 1 aromatic heterocycles. The van der Waals surface area contributed by atoms with E-state index in [4.69, 9.17) is 9.88 Å². The largest absolute Gasteiger partial charge is 0.497 e. The molecular weight excluding hydrogens is 522 g/mol. The number of benzene rings is 3. The lowest BCUT2D eigenvalue weighted by Crippen LogP contribution is -2.12. The fourth-order valence-electron chi connectivity index (χ4n) is 3.48. The first-order valence-corrected chi connectivity index (χ1v) is 13.8. The standard InChI is InChI=1S/C27H23N5O4S2/c1-17-3-5-19(6-4-17)25-23(15-28)26(30-20-9-13-22(14-10-20)38(29,34)35)32-27(31-25)37-16-24(33)18-7-11-21(36-2)12-8-18/h3-14H,16H2,1-2H3,(H2,29,34,35)(H,30,31,32). The SMILES string of the molecule is COc1ccc(C(=O)CSc2nc(Nc3ccc(S(N)(=O)=O)cc3)c(C#N)c(-c3ccc(C)cc3)n2)cc1. The molecule has 0 radical (unpaired) electrons. The highest BCUT2D eigenvalue weighted by molar-refractivity contribution is 7.99. The number of hydrogen-bond donors (Lipinski definition) is 2. The number of anilines is 2. The summed E-state index contributed by atoms with van der Waals surface area (Å²) in [5.41, 5.74) is 3.40. The fraction of sp³-hybridized carbons (Fsp3) is 0.111. The van der Waals surface area contributed by atoms with Gasteiger partial charge in [0.25, 0.3) is 0 Å². The van der Waals surface area contributed by atoms with Crippen LogP contribution in [0.1, 0.15) is 21.5 Å². The van der Waals surface area contributed by atoms with E-state index in [2.05, 4.69) is 21.4 Å². The van der Waals surface area contributed by atoms with Gasteiger partial charge in [-0.1, -0.05) is 41.6 Å². The summed E-state index contributed by atoms with van der Waals surface area (Å²) in [6, 6.07) is 22.3. The minimum atomic E-state index is -3.85. The van der Waals surface area contributed by atoms with Crippen LogP contribution in [0.2, 0.25) is 0 Å². The molecule has 11 heteroatoms. The van der Waals surface area contributed by atoms with Crippen LogP contribution in [-0.2, 0) is 10.0 Å². The highest BCUT2D eigenvalue weighted by Crippen LogP contribution is 2.31. The van der Waals surface area contributed by atoms with Gasteiger partial charge in [0.1, 0.15) is 17.4 Å². The number of nitrogens with two attached hydrogens (primary N) is 1. The van der Waals surface area contributed by atoms with Crippen molar-refractivity contribution in [3.05, 3.63) is 89.5 Å². The predicted molar refractivity (Wildman–Crippen MR) is 146 cm³/mol. The number of carbonyl (C=O) groups is 1. The van der Waals surface area contributed by atoms with Gasteiger partial charge in [0.05, 0.1) is 23.5 Å². The molecule has 9 nitrogen and oxygen atoms in total. The van der Waals surface area contributed by atoms with Crippen LogP contribution in [-0.4, -0.2) is 37.0 Å². The van der Waals surface area contributed by atoms with E-state index in [0.29, 0.717) is 33.4 Å². The average Bonchev–Trinajstić information content (AvgIpc) is 2.91. The second-order valence-electron chi connectivity index (χ2n) is 8.19. The number of carbonyl (C=O) groups excluding carboxylic acids is 1. The summed E-state index contributed by atoms with van der Waals surface area (Å²) < 4.78 is 28.3. The molecule has 0 bridgehead atoms. The van der Waals surface area contributed by atoms with Crippen molar-refractivity contribution in [2.45, 2.75) is 17.0 Å². The zero-order valence-electron chi connectivity index (χ0n) is 20.5. The lowest BCUT2D eigenvalue weighted by atomic mass is 10.1. The first-order valence-electron chi connectivity index (χ1n) is 11.3. The van der Waals surface area contributed by atoms with Crippen molar-refractivity contribution in [3.63, 3.8) is 0 Å². The van der Waals surface area contributed by atoms with E-state index in [9.17, 15) is 18.5 Å². The molecular formula is C27H23N5O4S2. The van der Waals surface area contributed by atoms with E-state index in [1.165, 1.54) is 24.3 Å². The zero-order chi connectivity index (χ0) is 27.3. The van der Waals surface area contributed by atoms with Gasteiger partial charge in [-0.2, -0.15) is 5.26 Å². The molecule has 4 aromatic rings. The molecule has 0 atom stereocenters. The van der Waals surface area contributed by atoms with Crippen LogP contribution < -0.4 is 15.2 Å². The topological polar surface area (TPSA) is 148 Å². The summed E-state index contributed by atoms with van der Waals surface area (Å²) in [5, 5.41) is 18.6. The first kappa shape index (κ1) is 26.8. The van der Waals surface area contributed by atoms with Gasteiger partial charge < -0.3 is 10.1 Å².